The van der Waals surface area contributed by atoms with Crippen molar-refractivity contribution in [1.29, 1.82) is 0 Å². The fraction of sp³-hybridized carbons (Fsp3) is 0.750. The maximum Gasteiger partial charge on any atom is 0.330 e. The second kappa shape index (κ2) is 22.0. The van der Waals surface area contributed by atoms with Gasteiger partial charge in [-0.1, -0.05) is 27.7 Å². The summed E-state index contributed by atoms with van der Waals surface area (Å²) in [5.41, 5.74) is 9.81. The topological polar surface area (TPSA) is 397 Å². The fourth-order valence-corrected chi connectivity index (χ4v) is 7.27. The summed E-state index contributed by atoms with van der Waals surface area (Å²) >= 11 is 0. The van der Waals surface area contributed by atoms with Crippen molar-refractivity contribution in [3.63, 3.8) is 0 Å². The Labute approximate surface area is 349 Å². The number of rotatable bonds is 22. The average molecular weight is 873 g/mol. The van der Waals surface area contributed by atoms with E-state index in [2.05, 4.69) is 31.6 Å². The van der Waals surface area contributed by atoms with E-state index < -0.39 is 132 Å². The monoisotopic (exact) mass is 872 g/mol. The highest BCUT2D eigenvalue weighted by Crippen LogP contribution is 2.34. The smallest absolute Gasteiger partial charge is 0.330 e. The molecule has 4 rings (SSSR count). The van der Waals surface area contributed by atoms with Gasteiger partial charge in [0.2, 0.25) is 11.8 Å². The van der Waals surface area contributed by atoms with E-state index in [0.717, 1.165) is 16.8 Å². The molecule has 3 aliphatic rings. The van der Waals surface area contributed by atoms with Crippen molar-refractivity contribution in [1.82, 2.24) is 36.1 Å². The molecule has 344 valence electrons. The maximum atomic E-state index is 13.9. The van der Waals surface area contributed by atoms with Gasteiger partial charge in [-0.3, -0.25) is 43.8 Å². The Morgan fingerprint density at radius 1 is 0.984 bits per heavy atom. The van der Waals surface area contributed by atoms with Crippen molar-refractivity contribution >= 4 is 29.7 Å². The molecule has 0 unspecified atom stereocenters. The van der Waals surface area contributed by atoms with Crippen molar-refractivity contribution in [2.75, 3.05) is 26.2 Å². The highest BCUT2D eigenvalue weighted by Gasteiger charge is 2.52. The number of nitrogens with two attached hydrogens (primary N) is 2. The van der Waals surface area contributed by atoms with Gasteiger partial charge in [-0.2, -0.15) is 0 Å². The van der Waals surface area contributed by atoms with Crippen LogP contribution in [0.5, 0.6) is 0 Å². The molecule has 2 saturated heterocycles. The second-order valence-corrected chi connectivity index (χ2v) is 15.9. The van der Waals surface area contributed by atoms with Gasteiger partial charge in [0.1, 0.15) is 48.6 Å². The number of carbonyl (C=O) groups is 4. The van der Waals surface area contributed by atoms with Crippen LogP contribution < -0.4 is 49.3 Å². The highest BCUT2D eigenvalue weighted by molar-refractivity contribution is 5.91. The minimum Gasteiger partial charge on any atom is -0.480 e. The zero-order valence-corrected chi connectivity index (χ0v) is 34.2. The van der Waals surface area contributed by atoms with E-state index in [-0.39, 0.29) is 45.0 Å². The first-order chi connectivity index (χ1) is 28.7. The number of aliphatic hydroxyl groups excluding tert-OH is 4. The third-order valence-electron chi connectivity index (χ3n) is 10.7. The van der Waals surface area contributed by atoms with Gasteiger partial charge in [0.25, 0.3) is 5.56 Å². The number of aromatic amines is 1. The Kier molecular flexibility index (Phi) is 17.7. The van der Waals surface area contributed by atoms with E-state index in [0.29, 0.717) is 6.42 Å². The molecule has 2 amide bonds. The molecule has 61 heavy (non-hydrogen) atoms. The zero-order valence-electron chi connectivity index (χ0n) is 34.2. The van der Waals surface area contributed by atoms with Gasteiger partial charge >= 0.3 is 17.6 Å². The summed E-state index contributed by atoms with van der Waals surface area (Å²) in [7, 11) is 0. The first-order valence-electron chi connectivity index (χ1n) is 20.0. The predicted octanol–water partition coefficient (Wildman–Crippen LogP) is -6.23. The number of ether oxygens (including phenoxy) is 3. The number of hydrogen-bond acceptors (Lipinski definition) is 19. The number of aliphatic carboxylic acids is 2. The van der Waals surface area contributed by atoms with Crippen LogP contribution in [0.3, 0.4) is 0 Å². The van der Waals surface area contributed by atoms with Crippen molar-refractivity contribution in [3.8, 4) is 0 Å². The Morgan fingerprint density at radius 3 is 2.25 bits per heavy atom. The van der Waals surface area contributed by atoms with Crippen molar-refractivity contribution in [2.24, 2.45) is 28.3 Å². The quantitative estimate of drug-likeness (QED) is 0.0482. The van der Waals surface area contributed by atoms with Crippen LogP contribution in [-0.2, 0) is 33.4 Å². The minimum absolute atomic E-state index is 0.0442. The number of carboxylic acids is 2. The number of amides is 2. The lowest BCUT2D eigenvalue weighted by Crippen LogP contribution is -2.66. The number of hydrogen-bond donors (Lipinski definition) is 14. The normalized spacial score (nSPS) is 28.3. The third kappa shape index (κ3) is 12.5. The Morgan fingerprint density at radius 2 is 1.67 bits per heavy atom. The molecule has 2 fully saturated rings. The van der Waals surface area contributed by atoms with E-state index in [1.165, 1.54) is 0 Å². The molecule has 16 N–H and O–H groups in total. The lowest BCUT2D eigenvalue weighted by molar-refractivity contribution is -0.210. The molecule has 0 spiro atoms. The van der Waals surface area contributed by atoms with Crippen LogP contribution >= 0.6 is 0 Å². The van der Waals surface area contributed by atoms with E-state index in [1.807, 2.05) is 4.98 Å². The number of H-pyrrole nitrogens is 1. The molecule has 0 aliphatic carbocycles. The number of aliphatic hydroxyl groups is 4. The standard InChI is InChI=1S/C36H60N10O15/c1-14(2)21(33(54)55)44-22(16-6-10-41-35(38)42-16)31(53)45-23(25(49)15(3)4)30(52)40-9-5-8-39-24(34(56)57)28(60-20-12-17(47)18(13-37)59-20)29-26(50)27(51)32(61-29)46-11-7-19(48)43-36(46)58/h7,11,14-18,20-29,32,39,44,47,49-51H,5-6,8-10,12-13,37H2,1-4H3,(H,40,52)(H,45,53)(H,54,55)(H,56,57)(H3,38,41,42)(H,43,48,58)/t16-,17-,18+,20-,21-,22-,23-,24-,25-,26-,27+,28-,29-,32+/m0/s1. The molecule has 3 aliphatic heterocycles. The fourth-order valence-electron chi connectivity index (χ4n) is 7.27. The largest absolute Gasteiger partial charge is 0.480 e. The average Bonchev–Trinajstić information content (AvgIpc) is 3.69. The van der Waals surface area contributed by atoms with Crippen LogP contribution in [0.25, 0.3) is 0 Å². The molecule has 0 saturated carbocycles. The summed E-state index contributed by atoms with van der Waals surface area (Å²) in [5.74, 6) is -5.24. The van der Waals surface area contributed by atoms with Crippen LogP contribution in [0.1, 0.15) is 53.2 Å². The van der Waals surface area contributed by atoms with Crippen LogP contribution in [0.4, 0.5) is 0 Å². The Balaban J connectivity index is 1.47. The molecule has 1 aromatic heterocycles. The summed E-state index contributed by atoms with van der Waals surface area (Å²) in [6.45, 7) is 6.45. The summed E-state index contributed by atoms with van der Waals surface area (Å²) in [4.78, 5) is 82.5. The van der Waals surface area contributed by atoms with E-state index in [9.17, 15) is 59.4 Å². The maximum absolute atomic E-state index is 13.9. The Hall–Kier alpha value is -4.57. The molecular weight excluding hydrogens is 812 g/mol. The summed E-state index contributed by atoms with van der Waals surface area (Å²) in [6, 6.07) is -5.36. The van der Waals surface area contributed by atoms with Crippen LogP contribution in [0.2, 0.25) is 0 Å². The SMILES string of the molecule is CC(C)[C@H](N[C@H](C(=O)N[C@H](C(=O)NCCCN[C@H](C(=O)O)[C@H](O[C@H]1C[C@H](O)[C@@H](CN)O1)[C@H]1O[C@@H](n2ccc(=O)[nH]c2=O)[C@H](O)[C@@H]1O)[C@@H](O)C(C)C)[C@@H]1CCN=C(N)N1)C(=O)O. The molecule has 0 bridgehead atoms. The van der Waals surface area contributed by atoms with Gasteiger partial charge in [0, 0.05) is 38.3 Å². The van der Waals surface area contributed by atoms with Crippen molar-refractivity contribution in [2.45, 2.75) is 132 Å². The van der Waals surface area contributed by atoms with Gasteiger partial charge in [-0.25, -0.2) is 4.79 Å². The number of aromatic nitrogens is 2. The number of nitrogens with zero attached hydrogens (tertiary/aromatic N) is 2. The van der Waals surface area contributed by atoms with Crippen LogP contribution in [0.15, 0.2) is 26.8 Å². The predicted molar refractivity (Wildman–Crippen MR) is 212 cm³/mol. The van der Waals surface area contributed by atoms with Gasteiger partial charge < -0.3 is 77.6 Å². The van der Waals surface area contributed by atoms with Crippen molar-refractivity contribution in [3.05, 3.63) is 33.1 Å². The summed E-state index contributed by atoms with van der Waals surface area (Å²) < 4.78 is 18.3. The first kappa shape index (κ1) is 49.1. The number of carbonyl (C=O) groups excluding carboxylic acids is 2. The Bertz CT molecular complexity index is 1810. The number of nitrogens with one attached hydrogen (secondary N) is 6. The summed E-state index contributed by atoms with van der Waals surface area (Å²) in [6.07, 6.45) is -11.9. The molecule has 25 nitrogen and oxygen atoms in total. The van der Waals surface area contributed by atoms with Gasteiger partial charge in [-0.15, -0.1) is 0 Å². The molecular formula is C36H60N10O15. The number of carboxylic acid groups (broad SMARTS) is 2. The van der Waals surface area contributed by atoms with E-state index in [1.54, 1.807) is 27.7 Å². The molecule has 0 aromatic carbocycles. The highest BCUT2D eigenvalue weighted by atomic mass is 16.7. The van der Waals surface area contributed by atoms with E-state index in [4.69, 9.17) is 25.7 Å². The number of guanidine groups is 1. The van der Waals surface area contributed by atoms with Crippen LogP contribution in [-0.4, -0.2) is 175 Å². The van der Waals surface area contributed by atoms with Crippen LogP contribution in [0, 0.1) is 11.8 Å². The van der Waals surface area contributed by atoms with Crippen molar-refractivity contribution < 1.29 is 64.0 Å². The molecule has 0 radical (unpaired) electrons. The first-order valence-corrected chi connectivity index (χ1v) is 20.0. The van der Waals surface area contributed by atoms with E-state index >= 15 is 0 Å². The lowest BCUT2D eigenvalue weighted by Gasteiger charge is -2.35. The van der Waals surface area contributed by atoms with Gasteiger partial charge in [0.05, 0.1) is 24.4 Å². The van der Waals surface area contributed by atoms with Gasteiger partial charge in [0.15, 0.2) is 18.5 Å². The summed E-state index contributed by atoms with van der Waals surface area (Å²) in [5, 5.41) is 77.4. The molecule has 4 heterocycles. The molecule has 1 aromatic rings. The minimum atomic E-state index is -1.84. The second-order valence-electron chi connectivity index (χ2n) is 15.9. The van der Waals surface area contributed by atoms with Gasteiger partial charge in [-0.05, 0) is 31.2 Å². The zero-order chi connectivity index (χ0) is 45.3. The molecule has 14 atom stereocenters. The lowest BCUT2D eigenvalue weighted by atomic mass is 9.95. The molecule has 25 heteroatoms. The third-order valence-corrected chi connectivity index (χ3v) is 10.7. The number of aliphatic imine (C=N–C) groups is 1.